The molecule has 2 N–H and O–H groups in total. The van der Waals surface area contributed by atoms with Crippen LogP contribution in [0.1, 0.15) is 51.5 Å². The summed E-state index contributed by atoms with van der Waals surface area (Å²) in [5.74, 6) is 0.869. The normalized spacial score (nSPS) is 12.4. The molecule has 0 spiro atoms. The van der Waals surface area contributed by atoms with Crippen LogP contribution in [0.3, 0.4) is 0 Å². The summed E-state index contributed by atoms with van der Waals surface area (Å²) >= 11 is 0. The summed E-state index contributed by atoms with van der Waals surface area (Å²) in [6.45, 7) is 4.53. The van der Waals surface area contributed by atoms with Gasteiger partial charge >= 0.3 is 7.12 Å². The van der Waals surface area contributed by atoms with E-state index in [9.17, 15) is 0 Å². The highest BCUT2D eigenvalue weighted by molar-refractivity contribution is 6.58. The summed E-state index contributed by atoms with van der Waals surface area (Å²) in [4.78, 5) is 0. The van der Waals surface area contributed by atoms with Gasteiger partial charge in [-0.15, -0.1) is 0 Å². The Balaban J connectivity index is 2.34. The van der Waals surface area contributed by atoms with E-state index in [4.69, 9.17) is 10.0 Å². The first-order valence-electron chi connectivity index (χ1n) is 7.12. The third kappa shape index (κ3) is 5.24. The molecular weight excluding hydrogens is 223 g/mol. The molecule has 1 atom stereocenters. The van der Waals surface area contributed by atoms with Crippen LogP contribution in [0.15, 0.2) is 24.3 Å². The monoisotopic (exact) mass is 248 g/mol. The summed E-state index contributed by atoms with van der Waals surface area (Å²) in [5.41, 5.74) is 1.85. The van der Waals surface area contributed by atoms with Crippen molar-refractivity contribution < 1.29 is 10.0 Å². The lowest BCUT2D eigenvalue weighted by Crippen LogP contribution is -2.29. The summed E-state index contributed by atoms with van der Waals surface area (Å²) in [7, 11) is -1.35. The van der Waals surface area contributed by atoms with Crippen LogP contribution in [-0.2, 0) is 6.42 Å². The van der Waals surface area contributed by atoms with Crippen molar-refractivity contribution in [1.29, 1.82) is 0 Å². The van der Waals surface area contributed by atoms with Crippen molar-refractivity contribution in [3.05, 3.63) is 29.8 Å². The number of benzene rings is 1. The van der Waals surface area contributed by atoms with Gasteiger partial charge in [-0.05, 0) is 29.8 Å². The second-order valence-electron chi connectivity index (χ2n) is 5.07. The average molecular weight is 248 g/mol. The molecule has 18 heavy (non-hydrogen) atoms. The highest BCUT2D eigenvalue weighted by Gasteiger charge is 2.10. The number of hydrogen-bond acceptors (Lipinski definition) is 2. The molecule has 0 heterocycles. The van der Waals surface area contributed by atoms with E-state index in [0.29, 0.717) is 5.46 Å². The summed E-state index contributed by atoms with van der Waals surface area (Å²) in [6, 6.07) is 7.58. The Morgan fingerprint density at radius 1 is 1.06 bits per heavy atom. The molecule has 0 radical (unpaired) electrons. The fourth-order valence-electron chi connectivity index (χ4n) is 2.41. The summed E-state index contributed by atoms with van der Waals surface area (Å²) < 4.78 is 0. The van der Waals surface area contributed by atoms with Crippen LogP contribution in [0.2, 0.25) is 0 Å². The van der Waals surface area contributed by atoms with Crippen molar-refractivity contribution in [2.75, 3.05) is 0 Å². The maximum Gasteiger partial charge on any atom is 0.488 e. The predicted molar refractivity (Wildman–Crippen MR) is 77.9 cm³/mol. The molecule has 1 aromatic rings. The molecule has 0 amide bonds. The molecule has 0 aliphatic carbocycles. The SMILES string of the molecule is CCCC(CC)CCCc1ccc(B(O)O)cc1. The molecule has 3 heteroatoms. The molecule has 0 saturated heterocycles. The van der Waals surface area contributed by atoms with Crippen molar-refractivity contribution >= 4 is 12.6 Å². The fourth-order valence-corrected chi connectivity index (χ4v) is 2.41. The Kier molecular flexibility index (Phi) is 7.06. The van der Waals surface area contributed by atoms with Gasteiger partial charge in [0.2, 0.25) is 0 Å². The van der Waals surface area contributed by atoms with Gasteiger partial charge in [0.15, 0.2) is 0 Å². The third-order valence-corrected chi connectivity index (χ3v) is 3.63. The standard InChI is InChI=1S/C15H25BO2/c1-3-6-13(4-2)7-5-8-14-9-11-15(12-10-14)16(17)18/h9-13,17-18H,3-8H2,1-2H3. The maximum absolute atomic E-state index is 9.01. The van der Waals surface area contributed by atoms with Gasteiger partial charge in [0, 0.05) is 0 Å². The number of aryl methyl sites for hydroxylation is 1. The highest BCUT2D eigenvalue weighted by Crippen LogP contribution is 2.18. The van der Waals surface area contributed by atoms with Crippen LogP contribution in [-0.4, -0.2) is 17.2 Å². The van der Waals surface area contributed by atoms with E-state index in [1.54, 1.807) is 12.1 Å². The predicted octanol–water partition coefficient (Wildman–Crippen LogP) is 2.52. The smallest absolute Gasteiger partial charge is 0.423 e. The van der Waals surface area contributed by atoms with Crippen LogP contribution in [0.5, 0.6) is 0 Å². The van der Waals surface area contributed by atoms with Crippen molar-refractivity contribution in [1.82, 2.24) is 0 Å². The van der Waals surface area contributed by atoms with Crippen LogP contribution in [0, 0.1) is 5.92 Å². The molecule has 0 aliphatic heterocycles. The molecule has 1 aromatic carbocycles. The van der Waals surface area contributed by atoms with Crippen molar-refractivity contribution in [3.8, 4) is 0 Å². The first-order chi connectivity index (χ1) is 8.67. The lowest BCUT2D eigenvalue weighted by Gasteiger charge is -2.13. The van der Waals surface area contributed by atoms with Crippen molar-refractivity contribution in [2.45, 2.75) is 52.4 Å². The lowest BCUT2D eigenvalue weighted by atomic mass is 9.80. The molecule has 0 fully saturated rings. The van der Waals surface area contributed by atoms with Crippen LogP contribution in [0.25, 0.3) is 0 Å². The Morgan fingerprint density at radius 3 is 2.22 bits per heavy atom. The second kappa shape index (κ2) is 8.33. The fraction of sp³-hybridized carbons (Fsp3) is 0.600. The van der Waals surface area contributed by atoms with E-state index < -0.39 is 7.12 Å². The average Bonchev–Trinajstić information content (AvgIpc) is 2.38. The summed E-state index contributed by atoms with van der Waals surface area (Å²) in [5, 5.41) is 18.0. The number of rotatable bonds is 8. The maximum atomic E-state index is 9.01. The minimum atomic E-state index is -1.35. The van der Waals surface area contributed by atoms with Crippen molar-refractivity contribution in [2.24, 2.45) is 5.92 Å². The Bertz CT molecular complexity index is 322. The first-order valence-corrected chi connectivity index (χ1v) is 7.12. The zero-order chi connectivity index (χ0) is 13.4. The first kappa shape index (κ1) is 15.3. The summed E-state index contributed by atoms with van der Waals surface area (Å²) in [6.07, 6.45) is 7.51. The highest BCUT2D eigenvalue weighted by atomic mass is 16.4. The van der Waals surface area contributed by atoms with Gasteiger partial charge in [-0.3, -0.25) is 0 Å². The van der Waals surface area contributed by atoms with Crippen LogP contribution < -0.4 is 5.46 Å². The Morgan fingerprint density at radius 2 is 1.72 bits per heavy atom. The van der Waals surface area contributed by atoms with E-state index in [1.807, 2.05) is 12.1 Å². The molecule has 100 valence electrons. The van der Waals surface area contributed by atoms with Gasteiger partial charge < -0.3 is 10.0 Å². The van der Waals surface area contributed by atoms with E-state index >= 15 is 0 Å². The van der Waals surface area contributed by atoms with Crippen molar-refractivity contribution in [3.63, 3.8) is 0 Å². The molecule has 0 aliphatic rings. The van der Waals surface area contributed by atoms with E-state index in [1.165, 1.54) is 37.7 Å². The van der Waals surface area contributed by atoms with Gasteiger partial charge in [-0.25, -0.2) is 0 Å². The Hall–Kier alpha value is -0.795. The van der Waals surface area contributed by atoms with Gasteiger partial charge in [0.05, 0.1) is 0 Å². The topological polar surface area (TPSA) is 40.5 Å². The van der Waals surface area contributed by atoms with Gasteiger partial charge in [-0.1, -0.05) is 63.8 Å². The molecular formula is C15H25BO2. The third-order valence-electron chi connectivity index (χ3n) is 3.63. The van der Waals surface area contributed by atoms with Crippen LogP contribution in [0.4, 0.5) is 0 Å². The quantitative estimate of drug-likeness (QED) is 0.694. The lowest BCUT2D eigenvalue weighted by molar-refractivity contribution is 0.419. The zero-order valence-electron chi connectivity index (χ0n) is 11.6. The minimum absolute atomic E-state index is 0.566. The molecule has 1 unspecified atom stereocenters. The largest absolute Gasteiger partial charge is 0.488 e. The Labute approximate surface area is 111 Å². The van der Waals surface area contributed by atoms with E-state index in [0.717, 1.165) is 12.3 Å². The minimum Gasteiger partial charge on any atom is -0.423 e. The van der Waals surface area contributed by atoms with Gasteiger partial charge in [0.1, 0.15) is 0 Å². The zero-order valence-corrected chi connectivity index (χ0v) is 11.6. The second-order valence-corrected chi connectivity index (χ2v) is 5.07. The van der Waals surface area contributed by atoms with Gasteiger partial charge in [-0.2, -0.15) is 0 Å². The molecule has 1 rings (SSSR count). The number of hydrogen-bond donors (Lipinski definition) is 2. The molecule has 2 nitrogen and oxygen atoms in total. The van der Waals surface area contributed by atoms with E-state index in [-0.39, 0.29) is 0 Å². The molecule has 0 aromatic heterocycles. The van der Waals surface area contributed by atoms with E-state index in [2.05, 4.69) is 13.8 Å². The van der Waals surface area contributed by atoms with Gasteiger partial charge in [0.25, 0.3) is 0 Å². The molecule has 0 bridgehead atoms. The molecule has 0 saturated carbocycles. The van der Waals surface area contributed by atoms with Crippen LogP contribution >= 0.6 is 0 Å².